The van der Waals surface area contributed by atoms with Gasteiger partial charge in [-0.25, -0.2) is 4.79 Å². The number of hydrogen-bond acceptors (Lipinski definition) is 7. The van der Waals surface area contributed by atoms with Crippen molar-refractivity contribution in [3.8, 4) is 11.5 Å². The number of amidine groups is 1. The van der Waals surface area contributed by atoms with Crippen LogP contribution in [0.15, 0.2) is 42.5 Å². The lowest BCUT2D eigenvalue weighted by molar-refractivity contribution is -0.131. The second kappa shape index (κ2) is 8.64. The molecule has 1 unspecified atom stereocenters. The fourth-order valence-corrected chi connectivity index (χ4v) is 3.03. The Labute approximate surface area is 172 Å². The molecule has 1 aliphatic heterocycles. The molecular formula is C21H21N3O6. The first kappa shape index (κ1) is 20.8. The summed E-state index contributed by atoms with van der Waals surface area (Å²) in [6, 6.07) is 11.4. The van der Waals surface area contributed by atoms with Gasteiger partial charge in [-0.3, -0.25) is 19.9 Å². The van der Waals surface area contributed by atoms with Crippen LogP contribution in [0.1, 0.15) is 29.8 Å². The molecule has 0 bridgehead atoms. The Morgan fingerprint density at radius 1 is 1.17 bits per heavy atom. The number of anilines is 1. The summed E-state index contributed by atoms with van der Waals surface area (Å²) < 4.78 is 16.2. The first-order valence-corrected chi connectivity index (χ1v) is 9.14. The number of rotatable bonds is 7. The molecule has 3 N–H and O–H groups in total. The van der Waals surface area contributed by atoms with E-state index in [4.69, 9.17) is 25.4 Å². The van der Waals surface area contributed by atoms with E-state index in [1.807, 2.05) is 0 Å². The molecule has 0 spiro atoms. The van der Waals surface area contributed by atoms with Gasteiger partial charge < -0.3 is 19.9 Å². The minimum atomic E-state index is -0.590. The number of hydrogen-bond donors (Lipinski definition) is 2. The van der Waals surface area contributed by atoms with Gasteiger partial charge in [0.25, 0.3) is 0 Å². The Kier molecular flexibility index (Phi) is 6.01. The van der Waals surface area contributed by atoms with Crippen molar-refractivity contribution in [1.82, 2.24) is 0 Å². The number of carbonyl (C=O) groups excluding carboxylic acids is 3. The predicted molar refractivity (Wildman–Crippen MR) is 108 cm³/mol. The van der Waals surface area contributed by atoms with Crippen molar-refractivity contribution in [2.24, 2.45) is 5.73 Å². The van der Waals surface area contributed by atoms with Crippen LogP contribution in [0.4, 0.5) is 10.5 Å². The van der Waals surface area contributed by atoms with Crippen molar-refractivity contribution in [3.05, 3.63) is 53.6 Å². The van der Waals surface area contributed by atoms with Gasteiger partial charge in [0.1, 0.15) is 23.9 Å². The van der Waals surface area contributed by atoms with Crippen molar-refractivity contribution in [2.45, 2.75) is 20.0 Å². The molecule has 2 aromatic rings. The number of benzene rings is 2. The average molecular weight is 411 g/mol. The molecule has 1 amide bonds. The predicted octanol–water partition coefficient (Wildman–Crippen LogP) is 2.50. The van der Waals surface area contributed by atoms with E-state index in [9.17, 15) is 14.4 Å². The second-order valence-corrected chi connectivity index (χ2v) is 6.67. The normalized spacial score (nSPS) is 15.5. The van der Waals surface area contributed by atoms with E-state index in [2.05, 4.69) is 0 Å². The topological polar surface area (TPSA) is 132 Å². The molecule has 1 heterocycles. The standard InChI is InChI=1S/C21H21N3O6/c1-12(25)16-5-3-4-6-18(16)28-11-15-10-24(21(27)30-15)14-7-8-17(20(22)23)19(9-14)29-13(2)26/h3-9,15H,10-11H2,1-2H3,(H3,22,23). The lowest BCUT2D eigenvalue weighted by atomic mass is 10.1. The van der Waals surface area contributed by atoms with E-state index in [0.717, 1.165) is 0 Å². The Morgan fingerprint density at radius 2 is 1.90 bits per heavy atom. The van der Waals surface area contributed by atoms with E-state index in [1.54, 1.807) is 30.3 Å². The number of esters is 1. The monoisotopic (exact) mass is 411 g/mol. The number of carbonyl (C=O) groups is 3. The summed E-state index contributed by atoms with van der Waals surface area (Å²) in [5.74, 6) is -0.469. The number of Topliss-reactive ketones (excluding diaryl/α,β-unsaturated/α-hetero) is 1. The van der Waals surface area contributed by atoms with E-state index in [1.165, 1.54) is 30.9 Å². The molecule has 1 aliphatic rings. The number of nitrogen functional groups attached to an aromatic ring is 1. The van der Waals surface area contributed by atoms with Gasteiger partial charge in [0, 0.05) is 13.0 Å². The van der Waals surface area contributed by atoms with Gasteiger partial charge in [-0.05, 0) is 31.2 Å². The molecule has 0 saturated carbocycles. The molecule has 30 heavy (non-hydrogen) atoms. The van der Waals surface area contributed by atoms with Gasteiger partial charge in [0.05, 0.1) is 23.4 Å². The Morgan fingerprint density at radius 3 is 2.57 bits per heavy atom. The third-order valence-electron chi connectivity index (χ3n) is 4.39. The van der Waals surface area contributed by atoms with Crippen LogP contribution in [0.3, 0.4) is 0 Å². The number of para-hydroxylation sites is 1. The molecule has 1 atom stereocenters. The third-order valence-corrected chi connectivity index (χ3v) is 4.39. The van der Waals surface area contributed by atoms with Crippen molar-refractivity contribution in [1.29, 1.82) is 5.41 Å². The molecule has 0 aromatic heterocycles. The smallest absolute Gasteiger partial charge is 0.414 e. The number of cyclic esters (lactones) is 1. The Balaban J connectivity index is 1.74. The Bertz CT molecular complexity index is 1020. The van der Waals surface area contributed by atoms with E-state index in [-0.39, 0.29) is 36.1 Å². The summed E-state index contributed by atoms with van der Waals surface area (Å²) in [6.45, 7) is 2.94. The van der Waals surface area contributed by atoms with Crippen molar-refractivity contribution in [2.75, 3.05) is 18.1 Å². The molecular weight excluding hydrogens is 390 g/mol. The number of nitrogens with two attached hydrogens (primary N) is 1. The van der Waals surface area contributed by atoms with Crippen LogP contribution < -0.4 is 20.1 Å². The highest BCUT2D eigenvalue weighted by Crippen LogP contribution is 2.29. The fourth-order valence-electron chi connectivity index (χ4n) is 3.03. The zero-order valence-corrected chi connectivity index (χ0v) is 16.5. The molecule has 0 aliphatic carbocycles. The van der Waals surface area contributed by atoms with Gasteiger partial charge in [-0.1, -0.05) is 12.1 Å². The van der Waals surface area contributed by atoms with Gasteiger partial charge >= 0.3 is 12.1 Å². The molecule has 3 rings (SSSR count). The molecule has 9 nitrogen and oxygen atoms in total. The highest BCUT2D eigenvalue weighted by molar-refractivity contribution is 6.00. The van der Waals surface area contributed by atoms with Crippen LogP contribution in [0, 0.1) is 5.41 Å². The molecule has 1 saturated heterocycles. The second-order valence-electron chi connectivity index (χ2n) is 6.67. The van der Waals surface area contributed by atoms with Crippen molar-refractivity contribution in [3.63, 3.8) is 0 Å². The van der Waals surface area contributed by atoms with Crippen LogP contribution in [-0.4, -0.2) is 42.9 Å². The maximum absolute atomic E-state index is 12.3. The van der Waals surface area contributed by atoms with E-state index in [0.29, 0.717) is 17.0 Å². The van der Waals surface area contributed by atoms with Gasteiger partial charge in [0.15, 0.2) is 11.9 Å². The maximum Gasteiger partial charge on any atom is 0.414 e. The zero-order chi connectivity index (χ0) is 21.8. The highest BCUT2D eigenvalue weighted by atomic mass is 16.6. The fraction of sp³-hybridized carbons (Fsp3) is 0.238. The number of nitrogens with one attached hydrogen (secondary N) is 1. The summed E-state index contributed by atoms with van der Waals surface area (Å²) >= 11 is 0. The lowest BCUT2D eigenvalue weighted by Crippen LogP contribution is -2.27. The largest absolute Gasteiger partial charge is 0.489 e. The summed E-state index contributed by atoms with van der Waals surface area (Å²) in [5, 5.41) is 7.60. The number of amides is 1. The number of ketones is 1. The average Bonchev–Trinajstić information content (AvgIpc) is 3.06. The minimum Gasteiger partial charge on any atom is -0.489 e. The van der Waals surface area contributed by atoms with Crippen molar-refractivity contribution >= 4 is 29.4 Å². The van der Waals surface area contributed by atoms with Crippen LogP contribution in [0.5, 0.6) is 11.5 Å². The molecule has 156 valence electrons. The van der Waals surface area contributed by atoms with Gasteiger partial charge in [0.2, 0.25) is 0 Å². The molecule has 0 radical (unpaired) electrons. The maximum atomic E-state index is 12.3. The quantitative estimate of drug-likeness (QED) is 0.235. The van der Waals surface area contributed by atoms with Crippen LogP contribution in [-0.2, 0) is 9.53 Å². The van der Waals surface area contributed by atoms with Crippen molar-refractivity contribution < 1.29 is 28.6 Å². The van der Waals surface area contributed by atoms with E-state index >= 15 is 0 Å². The number of nitrogens with zero attached hydrogens (tertiary/aromatic N) is 1. The number of ether oxygens (including phenoxy) is 3. The highest BCUT2D eigenvalue weighted by Gasteiger charge is 2.33. The molecule has 2 aromatic carbocycles. The summed E-state index contributed by atoms with van der Waals surface area (Å²) in [6.07, 6.45) is -1.16. The first-order chi connectivity index (χ1) is 14.3. The van der Waals surface area contributed by atoms with Gasteiger partial charge in [-0.15, -0.1) is 0 Å². The molecule has 1 fully saturated rings. The lowest BCUT2D eigenvalue weighted by Gasteiger charge is -2.16. The third kappa shape index (κ3) is 4.57. The summed E-state index contributed by atoms with van der Waals surface area (Å²) in [7, 11) is 0. The zero-order valence-electron chi connectivity index (χ0n) is 16.5. The Hall–Kier alpha value is -3.88. The van der Waals surface area contributed by atoms with E-state index < -0.39 is 18.2 Å². The molecule has 9 heteroatoms. The summed E-state index contributed by atoms with van der Waals surface area (Å²) in [5.41, 5.74) is 6.63. The van der Waals surface area contributed by atoms with Crippen LogP contribution in [0.2, 0.25) is 0 Å². The van der Waals surface area contributed by atoms with Crippen LogP contribution in [0.25, 0.3) is 0 Å². The van der Waals surface area contributed by atoms with Crippen LogP contribution >= 0.6 is 0 Å². The minimum absolute atomic E-state index is 0.0644. The summed E-state index contributed by atoms with van der Waals surface area (Å²) in [4.78, 5) is 36.8. The van der Waals surface area contributed by atoms with Gasteiger partial charge in [-0.2, -0.15) is 0 Å². The SMILES string of the molecule is CC(=O)Oc1cc(N2CC(COc3ccccc3C(C)=O)OC2=O)ccc1C(=N)N. The first-order valence-electron chi connectivity index (χ1n) is 9.14.